The topological polar surface area (TPSA) is 71.1 Å². The number of rotatable bonds is 12. The fourth-order valence-corrected chi connectivity index (χ4v) is 7.06. The molecule has 0 spiro atoms. The van der Waals surface area contributed by atoms with Gasteiger partial charge in [-0.2, -0.15) is 0 Å². The molecule has 2 unspecified atom stereocenters. The van der Waals surface area contributed by atoms with Gasteiger partial charge in [-0.3, -0.25) is 9.59 Å². The molecule has 0 saturated carbocycles. The molecule has 6 nitrogen and oxygen atoms in total. The highest BCUT2D eigenvalue weighted by Gasteiger charge is 2.22. The van der Waals surface area contributed by atoms with Crippen LogP contribution in [0.25, 0.3) is 12.2 Å². The Morgan fingerprint density at radius 3 is 1.34 bits per heavy atom. The molecule has 4 aromatic carbocycles. The van der Waals surface area contributed by atoms with Gasteiger partial charge in [-0.15, -0.1) is 11.8 Å². The molecular weight excluding hydrogens is 702 g/mol. The summed E-state index contributed by atoms with van der Waals surface area (Å²) in [5.74, 6) is 0.589. The first-order chi connectivity index (χ1) is 22.5. The molecule has 244 valence electrons. The molecule has 0 aliphatic carbocycles. The van der Waals surface area contributed by atoms with E-state index in [-0.39, 0.29) is 10.5 Å². The average molecular weight is 733 g/mol. The Kier molecular flexibility index (Phi) is 13.1. The van der Waals surface area contributed by atoms with Gasteiger partial charge in [0.25, 0.3) is 0 Å². The minimum atomic E-state index is -0.445. The van der Waals surface area contributed by atoms with Gasteiger partial charge in [0.05, 0.1) is 24.7 Å². The lowest BCUT2D eigenvalue weighted by molar-refractivity contribution is -0.132. The van der Waals surface area contributed by atoms with Gasteiger partial charge in [-0.25, -0.2) is 0 Å². The van der Waals surface area contributed by atoms with Crippen LogP contribution in [0.3, 0.4) is 0 Å². The van der Waals surface area contributed by atoms with Gasteiger partial charge < -0.3 is 18.9 Å². The van der Waals surface area contributed by atoms with Gasteiger partial charge >= 0.3 is 11.9 Å². The van der Waals surface area contributed by atoms with E-state index in [2.05, 4.69) is 0 Å². The monoisotopic (exact) mass is 730 g/mol. The molecule has 0 radical (unpaired) electrons. The van der Waals surface area contributed by atoms with Crippen LogP contribution in [0.5, 0.6) is 23.0 Å². The Morgan fingerprint density at radius 2 is 1.00 bits per heavy atom. The maximum Gasteiger partial charge on any atom is 0.308 e. The first-order valence-corrected chi connectivity index (χ1v) is 16.6. The Balaban J connectivity index is 1.76. The molecule has 0 aliphatic rings. The lowest BCUT2D eigenvalue weighted by atomic mass is 10.1. The normalized spacial score (nSPS) is 12.6. The van der Waals surface area contributed by atoms with Crippen LogP contribution >= 0.6 is 58.2 Å². The van der Waals surface area contributed by atoms with Crippen molar-refractivity contribution in [2.45, 2.75) is 24.3 Å². The third-order valence-electron chi connectivity index (χ3n) is 6.64. The summed E-state index contributed by atoms with van der Waals surface area (Å²) >= 11 is 27.6. The number of ether oxygens (including phenoxy) is 4. The summed E-state index contributed by atoms with van der Waals surface area (Å²) in [6.45, 7) is 2.66. The van der Waals surface area contributed by atoms with Gasteiger partial charge in [-0.05, 0) is 70.8 Å². The number of methoxy groups -OCH3 is 2. The molecule has 2 atom stereocenters. The van der Waals surface area contributed by atoms with Crippen LogP contribution in [0, 0.1) is 0 Å². The van der Waals surface area contributed by atoms with E-state index in [0.29, 0.717) is 43.1 Å². The standard InChI is InChI=1S/C36H30Cl4O6S/c1-21(41)45-31-13-5-23(17-33(31)43-3)7-15-35(27-11-9-25(37)19-29(27)39)47-36(28-12-10-26(38)20-30(28)40)16-8-24-6-14-32(46-22(2)42)34(18-24)44-4/h5-20,35-36H,1-4H3/b15-7-,16-8-. The first kappa shape index (κ1) is 36.2. The average Bonchev–Trinajstić information content (AvgIpc) is 3.02. The molecule has 11 heteroatoms. The Bertz CT molecular complexity index is 1690. The highest BCUT2D eigenvalue weighted by molar-refractivity contribution is 8.00. The zero-order valence-corrected chi connectivity index (χ0v) is 29.6. The molecule has 0 aliphatic heterocycles. The minimum Gasteiger partial charge on any atom is -0.493 e. The predicted octanol–water partition coefficient (Wildman–Crippen LogP) is 11.1. The molecule has 0 aromatic heterocycles. The van der Waals surface area contributed by atoms with Crippen LogP contribution in [-0.4, -0.2) is 26.2 Å². The second-order valence-electron chi connectivity index (χ2n) is 10.0. The van der Waals surface area contributed by atoms with Gasteiger partial charge in [0.1, 0.15) is 0 Å². The fraction of sp³-hybridized carbons (Fsp3) is 0.167. The number of thioether (sulfide) groups is 1. The number of esters is 2. The zero-order valence-electron chi connectivity index (χ0n) is 25.8. The van der Waals surface area contributed by atoms with Crippen LogP contribution in [0.2, 0.25) is 20.1 Å². The lowest BCUT2D eigenvalue weighted by Gasteiger charge is -2.22. The molecule has 0 bridgehead atoms. The second-order valence-corrected chi connectivity index (χ2v) is 13.0. The quantitative estimate of drug-likeness (QED) is 0.106. The Hall–Kier alpha value is -3.59. The highest BCUT2D eigenvalue weighted by Crippen LogP contribution is 2.47. The van der Waals surface area contributed by atoms with E-state index in [9.17, 15) is 9.59 Å². The zero-order chi connectivity index (χ0) is 34.1. The molecular formula is C36H30Cl4O6S. The SMILES string of the molecule is COc1cc(/C=C\C(SC(/C=C\c2ccc(OC(C)=O)c(OC)c2)c2ccc(Cl)cc2Cl)c2ccc(Cl)cc2Cl)ccc1OC(C)=O. The summed E-state index contributed by atoms with van der Waals surface area (Å²) in [6, 6.07) is 21.3. The maximum atomic E-state index is 11.5. The van der Waals surface area contributed by atoms with E-state index in [1.807, 2.05) is 48.6 Å². The predicted molar refractivity (Wildman–Crippen MR) is 193 cm³/mol. The number of hydrogen-bond donors (Lipinski definition) is 0. The second kappa shape index (κ2) is 17.0. The molecule has 0 amide bonds. The molecule has 0 heterocycles. The summed E-state index contributed by atoms with van der Waals surface area (Å²) in [4.78, 5) is 23.0. The first-order valence-electron chi connectivity index (χ1n) is 14.1. The summed E-state index contributed by atoms with van der Waals surface area (Å²) in [6.07, 6.45) is 7.90. The summed E-state index contributed by atoms with van der Waals surface area (Å²) in [5, 5.41) is 1.44. The number of halogens is 4. The summed E-state index contributed by atoms with van der Waals surface area (Å²) < 4.78 is 21.4. The molecule has 4 aromatic rings. The van der Waals surface area contributed by atoms with Gasteiger partial charge in [0.2, 0.25) is 0 Å². The van der Waals surface area contributed by atoms with E-state index in [1.54, 1.807) is 60.3 Å². The number of carbonyl (C=O) groups excluding carboxylic acids is 2. The molecule has 0 N–H and O–H groups in total. The van der Waals surface area contributed by atoms with E-state index in [4.69, 9.17) is 65.4 Å². The lowest BCUT2D eigenvalue weighted by Crippen LogP contribution is -2.03. The third-order valence-corrected chi connectivity index (χ3v) is 9.17. The Labute approximate surface area is 298 Å². The van der Waals surface area contributed by atoms with Crippen molar-refractivity contribution >= 4 is 82.3 Å². The van der Waals surface area contributed by atoms with E-state index >= 15 is 0 Å². The summed E-state index contributed by atoms with van der Waals surface area (Å²) in [7, 11) is 3.02. The van der Waals surface area contributed by atoms with Gasteiger partial charge in [0, 0.05) is 33.9 Å². The minimum absolute atomic E-state index is 0.291. The molecule has 0 fully saturated rings. The van der Waals surface area contributed by atoms with Crippen molar-refractivity contribution in [3.8, 4) is 23.0 Å². The Morgan fingerprint density at radius 1 is 0.596 bits per heavy atom. The van der Waals surface area contributed by atoms with Crippen molar-refractivity contribution in [1.29, 1.82) is 0 Å². The van der Waals surface area contributed by atoms with E-state index in [1.165, 1.54) is 28.1 Å². The van der Waals surface area contributed by atoms with E-state index in [0.717, 1.165) is 22.3 Å². The smallest absolute Gasteiger partial charge is 0.308 e. The van der Waals surface area contributed by atoms with Gasteiger partial charge in [0.15, 0.2) is 23.0 Å². The van der Waals surface area contributed by atoms with Crippen molar-refractivity contribution in [2.24, 2.45) is 0 Å². The number of benzene rings is 4. The van der Waals surface area contributed by atoms with Crippen molar-refractivity contribution in [2.75, 3.05) is 14.2 Å². The number of hydrogen-bond acceptors (Lipinski definition) is 7. The van der Waals surface area contributed by atoms with Crippen molar-refractivity contribution < 1.29 is 28.5 Å². The molecule has 0 saturated heterocycles. The van der Waals surface area contributed by atoms with Crippen LogP contribution in [-0.2, 0) is 9.59 Å². The van der Waals surface area contributed by atoms with Crippen LogP contribution < -0.4 is 18.9 Å². The molecule has 47 heavy (non-hydrogen) atoms. The van der Waals surface area contributed by atoms with Crippen LogP contribution in [0.15, 0.2) is 84.9 Å². The van der Waals surface area contributed by atoms with Crippen molar-refractivity contribution in [3.05, 3.63) is 127 Å². The summed E-state index contributed by atoms with van der Waals surface area (Å²) in [5.41, 5.74) is 3.28. The van der Waals surface area contributed by atoms with Gasteiger partial charge in [-0.1, -0.05) is 95.0 Å². The van der Waals surface area contributed by atoms with Crippen molar-refractivity contribution in [1.82, 2.24) is 0 Å². The molecule has 4 rings (SSSR count). The number of carbonyl (C=O) groups is 2. The van der Waals surface area contributed by atoms with E-state index < -0.39 is 11.9 Å². The van der Waals surface area contributed by atoms with Crippen LogP contribution in [0.1, 0.15) is 46.6 Å². The third kappa shape index (κ3) is 10.2. The van der Waals surface area contributed by atoms with Crippen LogP contribution in [0.4, 0.5) is 0 Å². The van der Waals surface area contributed by atoms with Crippen molar-refractivity contribution in [3.63, 3.8) is 0 Å². The highest BCUT2D eigenvalue weighted by atomic mass is 35.5. The fourth-order valence-electron chi connectivity index (χ4n) is 4.52. The maximum absolute atomic E-state index is 11.5. The largest absolute Gasteiger partial charge is 0.493 e.